The first-order valence-corrected chi connectivity index (χ1v) is 8.53. The Bertz CT molecular complexity index is 882. The molecule has 0 radical (unpaired) electrons. The number of carbonyl (C=O) groups excluding carboxylic acids is 1. The second-order valence-electron chi connectivity index (χ2n) is 5.45. The van der Waals surface area contributed by atoms with Crippen molar-refractivity contribution in [3.63, 3.8) is 0 Å². The van der Waals surface area contributed by atoms with Crippen LogP contribution in [-0.4, -0.2) is 33.7 Å². The fourth-order valence-electron chi connectivity index (χ4n) is 2.60. The van der Waals surface area contributed by atoms with Gasteiger partial charge in [-0.3, -0.25) is 4.79 Å². The Kier molecular flexibility index (Phi) is 4.62. The highest BCUT2D eigenvalue weighted by Gasteiger charge is 2.20. The summed E-state index contributed by atoms with van der Waals surface area (Å²) in [6.07, 6.45) is 3.46. The van der Waals surface area contributed by atoms with E-state index in [1.165, 1.54) is 11.3 Å². The summed E-state index contributed by atoms with van der Waals surface area (Å²) in [5, 5.41) is 5.63. The summed E-state index contributed by atoms with van der Waals surface area (Å²) in [5.41, 5.74) is 1.91. The SMILES string of the molecule is C=CCN(CC=C)C(=O)c1cc2c(C)nn(-c3ccccc3)c2s1. The van der Waals surface area contributed by atoms with E-state index >= 15 is 0 Å². The Morgan fingerprint density at radius 1 is 1.25 bits per heavy atom. The van der Waals surface area contributed by atoms with Crippen LogP contribution in [0.5, 0.6) is 0 Å². The number of carbonyl (C=O) groups is 1. The molecule has 0 aliphatic heterocycles. The molecule has 122 valence electrons. The molecule has 0 atom stereocenters. The van der Waals surface area contributed by atoms with Crippen molar-refractivity contribution >= 4 is 27.5 Å². The van der Waals surface area contributed by atoms with Gasteiger partial charge in [-0.15, -0.1) is 24.5 Å². The molecule has 0 saturated heterocycles. The molecule has 24 heavy (non-hydrogen) atoms. The topological polar surface area (TPSA) is 38.1 Å². The number of thiophene rings is 1. The monoisotopic (exact) mass is 337 g/mol. The summed E-state index contributed by atoms with van der Waals surface area (Å²) in [4.78, 5) is 16.2. The summed E-state index contributed by atoms with van der Waals surface area (Å²) >= 11 is 1.47. The van der Waals surface area contributed by atoms with Crippen molar-refractivity contribution in [2.75, 3.05) is 13.1 Å². The fourth-order valence-corrected chi connectivity index (χ4v) is 3.76. The summed E-state index contributed by atoms with van der Waals surface area (Å²) in [7, 11) is 0. The second kappa shape index (κ2) is 6.84. The van der Waals surface area contributed by atoms with E-state index in [1.54, 1.807) is 17.1 Å². The zero-order valence-electron chi connectivity index (χ0n) is 13.6. The Balaban J connectivity index is 2.04. The largest absolute Gasteiger partial charge is 0.331 e. The molecule has 0 aliphatic rings. The van der Waals surface area contributed by atoms with Crippen LogP contribution in [0.25, 0.3) is 15.9 Å². The minimum atomic E-state index is -0.00462. The van der Waals surface area contributed by atoms with Crippen LogP contribution in [0.1, 0.15) is 15.4 Å². The van der Waals surface area contributed by atoms with Gasteiger partial charge in [0.1, 0.15) is 4.83 Å². The third kappa shape index (κ3) is 2.90. The summed E-state index contributed by atoms with van der Waals surface area (Å²) in [6.45, 7) is 10.4. The zero-order valence-corrected chi connectivity index (χ0v) is 14.4. The first-order chi connectivity index (χ1) is 11.7. The standard InChI is InChI=1S/C19H19N3OS/c1-4-11-21(12-5-2)18(23)17-13-16-14(3)20-22(19(16)24-17)15-9-7-6-8-10-15/h4-10,13H,1-2,11-12H2,3H3. The van der Waals surface area contributed by atoms with E-state index in [1.807, 2.05) is 48.0 Å². The predicted octanol–water partition coefficient (Wildman–Crippen LogP) is 4.21. The number of rotatable bonds is 6. The van der Waals surface area contributed by atoms with Gasteiger partial charge in [0.25, 0.3) is 5.91 Å². The van der Waals surface area contributed by atoms with Gasteiger partial charge >= 0.3 is 0 Å². The first kappa shape index (κ1) is 16.2. The van der Waals surface area contributed by atoms with Crippen molar-refractivity contribution in [2.24, 2.45) is 0 Å². The van der Waals surface area contributed by atoms with E-state index in [0.29, 0.717) is 18.0 Å². The Morgan fingerprint density at radius 3 is 2.54 bits per heavy atom. The average Bonchev–Trinajstić information content (AvgIpc) is 3.16. The molecule has 0 N–H and O–H groups in total. The third-order valence-corrected chi connectivity index (χ3v) is 4.84. The van der Waals surface area contributed by atoms with Crippen LogP contribution in [0.4, 0.5) is 0 Å². The van der Waals surface area contributed by atoms with Gasteiger partial charge in [-0.05, 0) is 25.1 Å². The summed E-state index contributed by atoms with van der Waals surface area (Å²) < 4.78 is 1.90. The van der Waals surface area contributed by atoms with Crippen molar-refractivity contribution in [3.8, 4) is 5.69 Å². The quantitative estimate of drug-likeness (QED) is 0.632. The third-order valence-electron chi connectivity index (χ3n) is 3.74. The number of hydrogen-bond donors (Lipinski definition) is 0. The van der Waals surface area contributed by atoms with Crippen LogP contribution in [0.15, 0.2) is 61.7 Å². The lowest BCUT2D eigenvalue weighted by Gasteiger charge is -2.18. The highest BCUT2D eigenvalue weighted by Crippen LogP contribution is 2.31. The lowest BCUT2D eigenvalue weighted by atomic mass is 10.3. The van der Waals surface area contributed by atoms with Crippen LogP contribution in [0.3, 0.4) is 0 Å². The van der Waals surface area contributed by atoms with Crippen molar-refractivity contribution < 1.29 is 4.79 Å². The highest BCUT2D eigenvalue weighted by molar-refractivity contribution is 7.20. The van der Waals surface area contributed by atoms with Crippen molar-refractivity contribution in [1.29, 1.82) is 0 Å². The average molecular weight is 337 g/mol. The molecule has 0 spiro atoms. The van der Waals surface area contributed by atoms with E-state index in [4.69, 9.17) is 0 Å². The first-order valence-electron chi connectivity index (χ1n) is 7.71. The number of hydrogen-bond acceptors (Lipinski definition) is 3. The van der Waals surface area contributed by atoms with Crippen LogP contribution >= 0.6 is 11.3 Å². The van der Waals surface area contributed by atoms with E-state index in [9.17, 15) is 4.79 Å². The lowest BCUT2D eigenvalue weighted by molar-refractivity contribution is 0.0795. The number of amides is 1. The van der Waals surface area contributed by atoms with Gasteiger partial charge in [0, 0.05) is 18.5 Å². The minimum Gasteiger partial charge on any atom is -0.331 e. The number of benzene rings is 1. The molecular formula is C19H19N3OS. The van der Waals surface area contributed by atoms with Gasteiger partial charge in [0.05, 0.1) is 16.3 Å². The van der Waals surface area contributed by atoms with E-state index in [0.717, 1.165) is 21.6 Å². The maximum Gasteiger partial charge on any atom is 0.264 e. The molecule has 5 heteroatoms. The van der Waals surface area contributed by atoms with E-state index in [-0.39, 0.29) is 5.91 Å². The van der Waals surface area contributed by atoms with Gasteiger partial charge < -0.3 is 4.90 Å². The molecule has 0 bridgehead atoms. The van der Waals surface area contributed by atoms with Crippen molar-refractivity contribution in [2.45, 2.75) is 6.92 Å². The van der Waals surface area contributed by atoms with E-state index in [2.05, 4.69) is 18.3 Å². The Labute approximate surface area is 145 Å². The number of aromatic nitrogens is 2. The molecule has 0 aliphatic carbocycles. The number of para-hydroxylation sites is 1. The molecule has 3 rings (SSSR count). The maximum atomic E-state index is 12.8. The summed E-state index contributed by atoms with van der Waals surface area (Å²) in [5.74, 6) is -0.00462. The fraction of sp³-hybridized carbons (Fsp3) is 0.158. The molecule has 0 fully saturated rings. The minimum absolute atomic E-state index is 0.00462. The molecule has 0 saturated carbocycles. The van der Waals surface area contributed by atoms with Crippen molar-refractivity contribution in [1.82, 2.24) is 14.7 Å². The molecule has 2 heterocycles. The maximum absolute atomic E-state index is 12.8. The number of nitrogens with zero attached hydrogens (tertiary/aromatic N) is 3. The van der Waals surface area contributed by atoms with Crippen LogP contribution in [0, 0.1) is 6.92 Å². The van der Waals surface area contributed by atoms with Crippen LogP contribution in [0.2, 0.25) is 0 Å². The molecular weight excluding hydrogens is 318 g/mol. The van der Waals surface area contributed by atoms with Gasteiger partial charge in [0.15, 0.2) is 0 Å². The lowest BCUT2D eigenvalue weighted by Crippen LogP contribution is -2.30. The van der Waals surface area contributed by atoms with Gasteiger partial charge in [0.2, 0.25) is 0 Å². The molecule has 1 amide bonds. The molecule has 0 unspecified atom stereocenters. The van der Waals surface area contributed by atoms with Crippen molar-refractivity contribution in [3.05, 3.63) is 72.3 Å². The highest BCUT2D eigenvalue weighted by atomic mass is 32.1. The number of fused-ring (bicyclic) bond motifs is 1. The van der Waals surface area contributed by atoms with Crippen LogP contribution < -0.4 is 0 Å². The predicted molar refractivity (Wildman–Crippen MR) is 100.0 cm³/mol. The second-order valence-corrected chi connectivity index (χ2v) is 6.48. The molecule has 1 aromatic carbocycles. The normalized spacial score (nSPS) is 10.7. The molecule has 3 aromatic rings. The van der Waals surface area contributed by atoms with Gasteiger partial charge in [-0.1, -0.05) is 30.4 Å². The Hall–Kier alpha value is -2.66. The number of aryl methyl sites for hydroxylation is 1. The molecule has 4 nitrogen and oxygen atoms in total. The Morgan fingerprint density at radius 2 is 1.92 bits per heavy atom. The summed E-state index contributed by atoms with van der Waals surface area (Å²) in [6, 6.07) is 11.9. The van der Waals surface area contributed by atoms with E-state index < -0.39 is 0 Å². The zero-order chi connectivity index (χ0) is 17.1. The molecule has 2 aromatic heterocycles. The van der Waals surface area contributed by atoms with Crippen LogP contribution in [-0.2, 0) is 0 Å². The smallest absolute Gasteiger partial charge is 0.264 e. The van der Waals surface area contributed by atoms with Gasteiger partial charge in [-0.2, -0.15) is 5.10 Å². The van der Waals surface area contributed by atoms with Gasteiger partial charge in [-0.25, -0.2) is 4.68 Å².